The first-order chi connectivity index (χ1) is 15.1. The van der Waals surface area contributed by atoms with Crippen molar-refractivity contribution < 1.29 is 27.9 Å². The maximum atomic E-state index is 13.2. The number of carbonyl (C=O) groups excluding carboxylic acids is 2. The van der Waals surface area contributed by atoms with E-state index in [0.717, 1.165) is 17.8 Å². The molecule has 7 nitrogen and oxygen atoms in total. The van der Waals surface area contributed by atoms with E-state index in [0.29, 0.717) is 26.2 Å². The lowest BCUT2D eigenvalue weighted by atomic mass is 10.1. The Labute approximate surface area is 183 Å². The number of fused-ring (bicyclic) bond motifs is 1. The first kappa shape index (κ1) is 21.9. The molecule has 0 spiro atoms. The number of anilines is 3. The highest BCUT2D eigenvalue weighted by atomic mass is 19.4. The number of piperazine rings is 1. The molecule has 170 valence electrons. The summed E-state index contributed by atoms with van der Waals surface area (Å²) in [5.41, 5.74) is 0.332. The number of amides is 2. The van der Waals surface area contributed by atoms with Crippen LogP contribution in [0.4, 0.5) is 30.2 Å². The topological polar surface area (TPSA) is 76.1 Å². The third-order valence-corrected chi connectivity index (χ3v) is 5.89. The number of hydrogen-bond acceptors (Lipinski definition) is 5. The Balaban J connectivity index is 1.46. The fourth-order valence-corrected chi connectivity index (χ4v) is 4.08. The maximum absolute atomic E-state index is 13.2. The average Bonchev–Trinajstić information content (AvgIpc) is 2.77. The molecule has 2 heterocycles. The van der Waals surface area contributed by atoms with E-state index >= 15 is 0 Å². The van der Waals surface area contributed by atoms with E-state index in [1.54, 1.807) is 19.1 Å². The standard InChI is InChI=1S/C22H23F3N4O3/c1-14(27-8-10-28(11-9-27)16-3-5-17(30)6-4-16)21(32)29-13-20(31)26-18-12-15(22(23,24)25)2-7-19(18)29/h2-7,12,14,30H,8-11,13H2,1H3,(H,26,31). The molecule has 0 radical (unpaired) electrons. The molecule has 0 bridgehead atoms. The van der Waals surface area contributed by atoms with Gasteiger partial charge in [-0.3, -0.25) is 19.4 Å². The third kappa shape index (κ3) is 4.36. The Morgan fingerprint density at radius 3 is 2.34 bits per heavy atom. The van der Waals surface area contributed by atoms with Gasteiger partial charge >= 0.3 is 6.18 Å². The number of rotatable bonds is 3. The van der Waals surface area contributed by atoms with Crippen molar-refractivity contribution in [3.8, 4) is 5.75 Å². The monoisotopic (exact) mass is 448 g/mol. The zero-order valence-corrected chi connectivity index (χ0v) is 17.4. The van der Waals surface area contributed by atoms with Gasteiger partial charge in [-0.15, -0.1) is 0 Å². The number of aromatic hydroxyl groups is 1. The quantitative estimate of drug-likeness (QED) is 0.755. The molecule has 2 aromatic rings. The van der Waals surface area contributed by atoms with Crippen molar-refractivity contribution >= 4 is 28.9 Å². The van der Waals surface area contributed by atoms with Gasteiger partial charge in [-0.05, 0) is 49.4 Å². The van der Waals surface area contributed by atoms with Gasteiger partial charge in [-0.25, -0.2) is 0 Å². The van der Waals surface area contributed by atoms with E-state index < -0.39 is 23.7 Å². The fraction of sp³-hybridized carbons (Fsp3) is 0.364. The highest BCUT2D eigenvalue weighted by Crippen LogP contribution is 2.37. The zero-order valence-electron chi connectivity index (χ0n) is 17.4. The Morgan fingerprint density at radius 1 is 1.06 bits per heavy atom. The van der Waals surface area contributed by atoms with Crippen molar-refractivity contribution in [3.05, 3.63) is 48.0 Å². The molecule has 1 unspecified atom stereocenters. The molecule has 2 aromatic carbocycles. The SMILES string of the molecule is CC(C(=O)N1CC(=O)Nc2cc(C(F)(F)F)ccc21)N1CCN(c2ccc(O)cc2)CC1. The summed E-state index contributed by atoms with van der Waals surface area (Å²) in [6, 6.07) is 9.36. The predicted octanol–water partition coefficient (Wildman–Crippen LogP) is 2.91. The molecule has 1 saturated heterocycles. The summed E-state index contributed by atoms with van der Waals surface area (Å²) in [6.45, 7) is 4.06. The van der Waals surface area contributed by atoms with Crippen molar-refractivity contribution in [1.82, 2.24) is 4.90 Å². The van der Waals surface area contributed by atoms with Gasteiger partial charge in [0.15, 0.2) is 0 Å². The minimum absolute atomic E-state index is 0.0197. The Hall–Kier alpha value is -3.27. The Morgan fingerprint density at radius 2 is 1.72 bits per heavy atom. The minimum Gasteiger partial charge on any atom is -0.508 e. The van der Waals surface area contributed by atoms with E-state index in [4.69, 9.17) is 0 Å². The number of nitrogens with zero attached hydrogens (tertiary/aromatic N) is 3. The Kier molecular flexibility index (Phi) is 5.72. The molecule has 2 aliphatic rings. The molecule has 0 saturated carbocycles. The minimum atomic E-state index is -4.55. The van der Waals surface area contributed by atoms with Crippen LogP contribution in [0.15, 0.2) is 42.5 Å². The molecule has 1 fully saturated rings. The zero-order chi connectivity index (χ0) is 23.0. The molecule has 2 N–H and O–H groups in total. The largest absolute Gasteiger partial charge is 0.508 e. The van der Waals surface area contributed by atoms with Gasteiger partial charge in [-0.1, -0.05) is 0 Å². The van der Waals surface area contributed by atoms with Gasteiger partial charge in [0.05, 0.1) is 23.0 Å². The van der Waals surface area contributed by atoms with Crippen LogP contribution >= 0.6 is 0 Å². The van der Waals surface area contributed by atoms with Gasteiger partial charge in [0.1, 0.15) is 12.3 Å². The fourth-order valence-electron chi connectivity index (χ4n) is 4.08. The summed E-state index contributed by atoms with van der Waals surface area (Å²) in [6.07, 6.45) is -4.55. The molecule has 10 heteroatoms. The van der Waals surface area contributed by atoms with Gasteiger partial charge in [0.25, 0.3) is 0 Å². The summed E-state index contributed by atoms with van der Waals surface area (Å²) in [5, 5.41) is 11.9. The molecular weight excluding hydrogens is 425 g/mol. The number of carbonyl (C=O) groups is 2. The molecule has 4 rings (SSSR count). The number of alkyl halides is 3. The van der Waals surface area contributed by atoms with Crippen molar-refractivity contribution in [1.29, 1.82) is 0 Å². The van der Waals surface area contributed by atoms with E-state index in [-0.39, 0.29) is 29.6 Å². The molecule has 1 atom stereocenters. The molecular formula is C22H23F3N4O3. The number of benzene rings is 2. The van der Waals surface area contributed by atoms with Crippen molar-refractivity contribution in [2.45, 2.75) is 19.1 Å². The van der Waals surface area contributed by atoms with Crippen molar-refractivity contribution in [2.75, 3.05) is 47.8 Å². The lowest BCUT2D eigenvalue weighted by Crippen LogP contribution is -2.56. The van der Waals surface area contributed by atoms with Crippen molar-refractivity contribution in [2.24, 2.45) is 0 Å². The number of hydrogen-bond donors (Lipinski definition) is 2. The number of halogens is 3. The lowest BCUT2D eigenvalue weighted by molar-refractivity contribution is -0.137. The van der Waals surface area contributed by atoms with Crippen LogP contribution in [0.5, 0.6) is 5.75 Å². The molecule has 32 heavy (non-hydrogen) atoms. The second-order valence-corrected chi connectivity index (χ2v) is 7.92. The molecule has 0 aromatic heterocycles. The Bertz CT molecular complexity index is 1020. The van der Waals surface area contributed by atoms with Gasteiger partial charge in [0.2, 0.25) is 11.8 Å². The van der Waals surface area contributed by atoms with Gasteiger partial charge in [0, 0.05) is 31.9 Å². The van der Waals surface area contributed by atoms with Gasteiger partial charge < -0.3 is 15.3 Å². The van der Waals surface area contributed by atoms with Crippen molar-refractivity contribution in [3.63, 3.8) is 0 Å². The number of phenols is 1. The van der Waals surface area contributed by atoms with Crippen LogP contribution < -0.4 is 15.1 Å². The van der Waals surface area contributed by atoms with Crippen LogP contribution in [0.25, 0.3) is 0 Å². The van der Waals surface area contributed by atoms with Crippen LogP contribution in [0.2, 0.25) is 0 Å². The molecule has 2 aliphatic heterocycles. The van der Waals surface area contributed by atoms with Crippen LogP contribution in [0, 0.1) is 0 Å². The summed E-state index contributed by atoms with van der Waals surface area (Å²) >= 11 is 0. The predicted molar refractivity (Wildman–Crippen MR) is 114 cm³/mol. The highest BCUT2D eigenvalue weighted by Gasteiger charge is 2.36. The van der Waals surface area contributed by atoms with Gasteiger partial charge in [-0.2, -0.15) is 13.2 Å². The van der Waals surface area contributed by atoms with E-state index in [2.05, 4.69) is 10.2 Å². The summed E-state index contributed by atoms with van der Waals surface area (Å²) in [4.78, 5) is 30.7. The lowest BCUT2D eigenvalue weighted by Gasteiger charge is -2.40. The average molecular weight is 448 g/mol. The highest BCUT2D eigenvalue weighted by molar-refractivity contribution is 6.11. The number of nitrogens with one attached hydrogen (secondary N) is 1. The van der Waals surface area contributed by atoms with E-state index in [9.17, 15) is 27.9 Å². The molecule has 2 amide bonds. The van der Waals surface area contributed by atoms with E-state index in [1.165, 1.54) is 11.0 Å². The first-order valence-corrected chi connectivity index (χ1v) is 10.2. The number of phenolic OH excluding ortho intramolecular Hbond substituents is 1. The smallest absolute Gasteiger partial charge is 0.416 e. The summed E-state index contributed by atoms with van der Waals surface area (Å²) in [7, 11) is 0. The van der Waals surface area contributed by atoms with Crippen LogP contribution in [0.3, 0.4) is 0 Å². The summed E-state index contributed by atoms with van der Waals surface area (Å²) in [5.74, 6) is -0.673. The van der Waals surface area contributed by atoms with Crippen LogP contribution in [-0.4, -0.2) is 60.6 Å². The molecule has 0 aliphatic carbocycles. The maximum Gasteiger partial charge on any atom is 0.416 e. The second kappa shape index (κ2) is 8.34. The first-order valence-electron chi connectivity index (χ1n) is 10.2. The van der Waals surface area contributed by atoms with Crippen LogP contribution in [0.1, 0.15) is 12.5 Å². The summed E-state index contributed by atoms with van der Waals surface area (Å²) < 4.78 is 39.1. The van der Waals surface area contributed by atoms with E-state index in [1.807, 2.05) is 17.0 Å². The normalized spacial score (nSPS) is 18.2. The van der Waals surface area contributed by atoms with Crippen LogP contribution in [-0.2, 0) is 15.8 Å². The third-order valence-electron chi connectivity index (χ3n) is 5.89. The second-order valence-electron chi connectivity index (χ2n) is 7.92.